The third-order valence-corrected chi connectivity index (χ3v) is 8.81. The minimum absolute atomic E-state index is 0.259. The van der Waals surface area contributed by atoms with Crippen molar-refractivity contribution >= 4 is 33.1 Å². The van der Waals surface area contributed by atoms with Gasteiger partial charge in [-0.25, -0.2) is 15.0 Å². The van der Waals surface area contributed by atoms with Gasteiger partial charge in [-0.1, -0.05) is 20.8 Å². The van der Waals surface area contributed by atoms with Gasteiger partial charge in [-0.05, 0) is 131 Å². The predicted octanol–water partition coefficient (Wildman–Crippen LogP) is 7.83. The summed E-state index contributed by atoms with van der Waals surface area (Å²) in [6.07, 6.45) is 2.72. The summed E-state index contributed by atoms with van der Waals surface area (Å²) in [5, 5.41) is 0. The zero-order valence-electron chi connectivity index (χ0n) is 25.3. The lowest BCUT2D eigenvalue weighted by molar-refractivity contribution is 0.375. The van der Waals surface area contributed by atoms with E-state index in [0.29, 0.717) is 0 Å². The van der Waals surface area contributed by atoms with E-state index < -0.39 is 0 Å². The van der Waals surface area contributed by atoms with E-state index in [2.05, 4.69) is 112 Å². The van der Waals surface area contributed by atoms with E-state index in [-0.39, 0.29) is 6.29 Å². The standard InChI is InChI=1S/C34H40N6/c1-10-25-16-28-31(13-19(25)4)38(22(7)35-28)34(39-23(8)36-29-17-26(11-2)20(5)14-32(29)39)40-24(9)37-30-18-27(12-3)21(6)15-33(30)40/h13-18,34H,10-12H2,1-9H3. The van der Waals surface area contributed by atoms with E-state index in [1.807, 2.05) is 0 Å². The van der Waals surface area contributed by atoms with Crippen LogP contribution < -0.4 is 0 Å². The summed E-state index contributed by atoms with van der Waals surface area (Å²) in [5.74, 6) is 2.91. The molecule has 0 fully saturated rings. The number of hydrogen-bond acceptors (Lipinski definition) is 3. The normalized spacial score (nSPS) is 12.2. The maximum atomic E-state index is 5.11. The second kappa shape index (κ2) is 9.61. The van der Waals surface area contributed by atoms with Crippen LogP contribution in [-0.2, 0) is 19.3 Å². The second-order valence-electron chi connectivity index (χ2n) is 11.3. The fourth-order valence-corrected chi connectivity index (χ4v) is 6.59. The second-order valence-corrected chi connectivity index (χ2v) is 11.3. The van der Waals surface area contributed by atoms with Crippen molar-refractivity contribution < 1.29 is 0 Å². The molecular formula is C34H40N6. The SMILES string of the molecule is CCc1cc2nc(C)n(C(n3c(C)nc4cc(CC)c(C)cc43)n3c(C)nc4cc(CC)c(C)cc43)c2cc1C. The average Bonchev–Trinajstić information content (AvgIpc) is 3.52. The Morgan fingerprint density at radius 1 is 0.475 bits per heavy atom. The van der Waals surface area contributed by atoms with Gasteiger partial charge >= 0.3 is 0 Å². The highest BCUT2D eigenvalue weighted by Crippen LogP contribution is 2.34. The fourth-order valence-electron chi connectivity index (χ4n) is 6.59. The summed E-state index contributed by atoms with van der Waals surface area (Å²) in [6.45, 7) is 19.6. The van der Waals surface area contributed by atoms with Crippen LogP contribution in [0.2, 0.25) is 0 Å². The van der Waals surface area contributed by atoms with Crippen LogP contribution in [-0.4, -0.2) is 28.7 Å². The molecule has 6 nitrogen and oxygen atoms in total. The van der Waals surface area contributed by atoms with Crippen LogP contribution in [0.4, 0.5) is 0 Å². The topological polar surface area (TPSA) is 53.5 Å². The Hall–Kier alpha value is -3.93. The minimum atomic E-state index is -0.259. The zero-order chi connectivity index (χ0) is 28.5. The molecular weight excluding hydrogens is 492 g/mol. The largest absolute Gasteiger partial charge is 0.288 e. The van der Waals surface area contributed by atoms with Crippen LogP contribution in [0.15, 0.2) is 36.4 Å². The van der Waals surface area contributed by atoms with Gasteiger partial charge in [-0.2, -0.15) is 0 Å². The summed E-state index contributed by atoms with van der Waals surface area (Å²) in [4.78, 5) is 15.3. The summed E-state index contributed by atoms with van der Waals surface area (Å²) < 4.78 is 7.16. The number of rotatable bonds is 6. The van der Waals surface area contributed by atoms with Gasteiger partial charge in [0.15, 0.2) is 6.29 Å². The molecule has 40 heavy (non-hydrogen) atoms. The number of hydrogen-bond donors (Lipinski definition) is 0. The van der Waals surface area contributed by atoms with E-state index >= 15 is 0 Å². The van der Waals surface area contributed by atoms with E-state index in [9.17, 15) is 0 Å². The number of aryl methyl sites for hydroxylation is 9. The van der Waals surface area contributed by atoms with Crippen molar-refractivity contribution in [3.05, 3.63) is 87.3 Å². The molecule has 0 aliphatic carbocycles. The summed E-state index contributed by atoms with van der Waals surface area (Å²) in [6, 6.07) is 13.7. The van der Waals surface area contributed by atoms with E-state index in [1.165, 1.54) is 33.4 Å². The highest BCUT2D eigenvalue weighted by Gasteiger charge is 2.28. The number of benzene rings is 3. The zero-order valence-corrected chi connectivity index (χ0v) is 25.3. The number of aromatic nitrogens is 6. The highest BCUT2D eigenvalue weighted by atomic mass is 15.4. The Kier molecular flexibility index (Phi) is 6.32. The first-order chi connectivity index (χ1) is 19.2. The van der Waals surface area contributed by atoms with Crippen LogP contribution >= 0.6 is 0 Å². The molecule has 0 unspecified atom stereocenters. The van der Waals surface area contributed by atoms with Crippen LogP contribution in [0, 0.1) is 41.5 Å². The molecule has 0 aliphatic rings. The maximum absolute atomic E-state index is 5.11. The minimum Gasteiger partial charge on any atom is -0.288 e. The van der Waals surface area contributed by atoms with Crippen molar-refractivity contribution in [3.8, 4) is 0 Å². The molecule has 3 heterocycles. The quantitative estimate of drug-likeness (QED) is 0.220. The van der Waals surface area contributed by atoms with Crippen LogP contribution in [0.3, 0.4) is 0 Å². The number of fused-ring (bicyclic) bond motifs is 3. The molecule has 3 aromatic carbocycles. The first-order valence-corrected chi connectivity index (χ1v) is 14.6. The van der Waals surface area contributed by atoms with E-state index in [1.54, 1.807) is 0 Å². The van der Waals surface area contributed by atoms with Gasteiger partial charge in [-0.15, -0.1) is 0 Å². The smallest absolute Gasteiger partial charge is 0.197 e. The third kappa shape index (κ3) is 3.87. The van der Waals surface area contributed by atoms with Gasteiger partial charge in [0.25, 0.3) is 0 Å². The van der Waals surface area contributed by atoms with Crippen molar-refractivity contribution in [3.63, 3.8) is 0 Å². The lowest BCUT2D eigenvalue weighted by Gasteiger charge is -2.28. The fraction of sp³-hybridized carbons (Fsp3) is 0.382. The Labute approximate surface area is 236 Å². The molecule has 0 amide bonds. The Morgan fingerprint density at radius 2 is 0.750 bits per heavy atom. The van der Waals surface area contributed by atoms with Gasteiger partial charge in [-0.3, -0.25) is 13.7 Å². The van der Waals surface area contributed by atoms with Gasteiger partial charge in [0, 0.05) is 0 Å². The number of imidazole rings is 3. The molecule has 0 N–H and O–H groups in total. The van der Waals surface area contributed by atoms with Crippen molar-refractivity contribution in [2.45, 2.75) is 87.9 Å². The molecule has 6 rings (SSSR count). The molecule has 3 aromatic heterocycles. The molecule has 0 spiro atoms. The number of nitrogens with zero attached hydrogens (tertiary/aromatic N) is 6. The molecule has 6 heteroatoms. The molecule has 0 atom stereocenters. The summed E-state index contributed by atoms with van der Waals surface area (Å²) in [7, 11) is 0. The Balaban J connectivity index is 1.76. The molecule has 6 aromatic rings. The van der Waals surface area contributed by atoms with Crippen molar-refractivity contribution in [2.24, 2.45) is 0 Å². The molecule has 206 valence electrons. The van der Waals surface area contributed by atoms with Crippen molar-refractivity contribution in [1.82, 2.24) is 28.7 Å². The lowest BCUT2D eigenvalue weighted by Crippen LogP contribution is -2.28. The van der Waals surface area contributed by atoms with Gasteiger partial charge in [0.2, 0.25) is 0 Å². The van der Waals surface area contributed by atoms with Crippen LogP contribution in [0.25, 0.3) is 33.1 Å². The van der Waals surface area contributed by atoms with Crippen LogP contribution in [0.5, 0.6) is 0 Å². The molecule has 0 saturated carbocycles. The average molecular weight is 533 g/mol. The summed E-state index contributed by atoms with van der Waals surface area (Å²) in [5.41, 5.74) is 14.4. The monoisotopic (exact) mass is 532 g/mol. The Morgan fingerprint density at radius 3 is 1.00 bits per heavy atom. The third-order valence-electron chi connectivity index (χ3n) is 8.81. The van der Waals surface area contributed by atoms with Gasteiger partial charge in [0.1, 0.15) is 17.5 Å². The molecule has 0 saturated heterocycles. The van der Waals surface area contributed by atoms with E-state index in [4.69, 9.17) is 15.0 Å². The van der Waals surface area contributed by atoms with Gasteiger partial charge in [0.05, 0.1) is 33.1 Å². The molecule has 0 aliphatic heterocycles. The van der Waals surface area contributed by atoms with Gasteiger partial charge < -0.3 is 0 Å². The maximum Gasteiger partial charge on any atom is 0.197 e. The lowest BCUT2D eigenvalue weighted by atomic mass is 10.1. The highest BCUT2D eigenvalue weighted by molar-refractivity contribution is 5.82. The molecule has 0 radical (unpaired) electrons. The molecule has 0 bridgehead atoms. The van der Waals surface area contributed by atoms with Crippen molar-refractivity contribution in [2.75, 3.05) is 0 Å². The first-order valence-electron chi connectivity index (χ1n) is 14.6. The summed E-state index contributed by atoms with van der Waals surface area (Å²) >= 11 is 0. The van der Waals surface area contributed by atoms with Crippen molar-refractivity contribution in [1.29, 1.82) is 0 Å². The predicted molar refractivity (Wildman–Crippen MR) is 166 cm³/mol. The first kappa shape index (κ1) is 26.3. The Bertz CT molecular complexity index is 1710. The van der Waals surface area contributed by atoms with E-state index in [0.717, 1.165) is 69.8 Å². The van der Waals surface area contributed by atoms with Crippen LogP contribution in [0.1, 0.15) is 77.9 Å².